The van der Waals surface area contributed by atoms with Gasteiger partial charge in [0.25, 0.3) is 0 Å². The van der Waals surface area contributed by atoms with Gasteiger partial charge in [0.05, 0.1) is 6.10 Å². The molecule has 0 aliphatic rings. The van der Waals surface area contributed by atoms with Crippen molar-refractivity contribution in [3.05, 3.63) is 46.7 Å². The van der Waals surface area contributed by atoms with Crippen molar-refractivity contribution in [3.8, 4) is 0 Å². The highest BCUT2D eigenvalue weighted by Gasteiger charge is 2.10. The molecule has 0 spiro atoms. The number of aromatic nitrogens is 2. The van der Waals surface area contributed by atoms with Gasteiger partial charge in [0.15, 0.2) is 0 Å². The standard InChI is InChI=1S/C12H11BrN2OS/c1-8(16)10-3-2-6-14-12(10)17-11-5-4-9(13)7-15-11/h2-8,16H,1H3/t8-/m0/s1. The van der Waals surface area contributed by atoms with E-state index in [1.54, 1.807) is 19.3 Å². The zero-order chi connectivity index (χ0) is 12.3. The van der Waals surface area contributed by atoms with E-state index in [0.717, 1.165) is 20.1 Å². The fourth-order valence-corrected chi connectivity index (χ4v) is 2.47. The van der Waals surface area contributed by atoms with Gasteiger partial charge in [-0.05, 0) is 52.8 Å². The fraction of sp³-hybridized carbons (Fsp3) is 0.167. The van der Waals surface area contributed by atoms with E-state index in [2.05, 4.69) is 25.9 Å². The van der Waals surface area contributed by atoms with Gasteiger partial charge in [0.1, 0.15) is 10.1 Å². The summed E-state index contributed by atoms with van der Waals surface area (Å²) in [6, 6.07) is 7.54. The molecular formula is C12H11BrN2OS. The van der Waals surface area contributed by atoms with Gasteiger partial charge >= 0.3 is 0 Å². The summed E-state index contributed by atoms with van der Waals surface area (Å²) < 4.78 is 0.943. The molecule has 0 fully saturated rings. The van der Waals surface area contributed by atoms with Crippen LogP contribution in [0, 0.1) is 0 Å². The smallest absolute Gasteiger partial charge is 0.108 e. The Bertz CT molecular complexity index is 502. The Kier molecular flexibility index (Phi) is 4.15. The lowest BCUT2D eigenvalue weighted by atomic mass is 10.2. The first-order chi connectivity index (χ1) is 8.16. The van der Waals surface area contributed by atoms with E-state index in [1.165, 1.54) is 11.8 Å². The Balaban J connectivity index is 2.26. The maximum atomic E-state index is 9.65. The summed E-state index contributed by atoms with van der Waals surface area (Å²) in [5.41, 5.74) is 0.821. The van der Waals surface area contributed by atoms with E-state index in [1.807, 2.05) is 24.3 Å². The van der Waals surface area contributed by atoms with Gasteiger partial charge in [0.2, 0.25) is 0 Å². The molecule has 0 saturated heterocycles. The second-order valence-electron chi connectivity index (χ2n) is 3.49. The van der Waals surface area contributed by atoms with Gasteiger partial charge in [-0.2, -0.15) is 0 Å². The molecule has 2 rings (SSSR count). The molecule has 0 bridgehead atoms. The van der Waals surface area contributed by atoms with Crippen LogP contribution in [0.4, 0.5) is 0 Å². The van der Waals surface area contributed by atoms with Crippen LogP contribution in [0.5, 0.6) is 0 Å². The van der Waals surface area contributed by atoms with E-state index in [9.17, 15) is 5.11 Å². The maximum absolute atomic E-state index is 9.65. The molecule has 3 nitrogen and oxygen atoms in total. The summed E-state index contributed by atoms with van der Waals surface area (Å²) in [5, 5.41) is 11.3. The van der Waals surface area contributed by atoms with Gasteiger partial charge in [-0.1, -0.05) is 6.07 Å². The first-order valence-electron chi connectivity index (χ1n) is 5.09. The average Bonchev–Trinajstić information content (AvgIpc) is 2.32. The topological polar surface area (TPSA) is 46.0 Å². The molecule has 2 aromatic rings. The number of rotatable bonds is 3. The Morgan fingerprint density at radius 3 is 2.76 bits per heavy atom. The van der Waals surface area contributed by atoms with Crippen LogP contribution >= 0.6 is 27.7 Å². The molecule has 0 saturated carbocycles. The van der Waals surface area contributed by atoms with Crippen molar-refractivity contribution < 1.29 is 5.11 Å². The Labute approximate surface area is 112 Å². The van der Waals surface area contributed by atoms with Crippen LogP contribution in [0.2, 0.25) is 0 Å². The highest BCUT2D eigenvalue weighted by Crippen LogP contribution is 2.30. The normalized spacial score (nSPS) is 12.4. The van der Waals surface area contributed by atoms with E-state index in [0.29, 0.717) is 0 Å². The summed E-state index contributed by atoms with van der Waals surface area (Å²) in [7, 11) is 0. The van der Waals surface area contributed by atoms with E-state index >= 15 is 0 Å². The summed E-state index contributed by atoms with van der Waals surface area (Å²) in [6.45, 7) is 1.73. The van der Waals surface area contributed by atoms with Gasteiger partial charge in [-0.15, -0.1) is 0 Å². The molecular weight excluding hydrogens is 300 g/mol. The van der Waals surface area contributed by atoms with Crippen molar-refractivity contribution in [2.45, 2.75) is 23.1 Å². The minimum Gasteiger partial charge on any atom is -0.389 e. The Hall–Kier alpha value is -0.910. The zero-order valence-electron chi connectivity index (χ0n) is 9.17. The number of nitrogens with zero attached hydrogens (tertiary/aromatic N) is 2. The number of pyridine rings is 2. The number of hydrogen-bond donors (Lipinski definition) is 1. The van der Waals surface area contributed by atoms with Crippen LogP contribution < -0.4 is 0 Å². The van der Waals surface area contributed by atoms with Crippen molar-refractivity contribution in [3.63, 3.8) is 0 Å². The molecule has 1 N–H and O–H groups in total. The second kappa shape index (κ2) is 5.62. The van der Waals surface area contributed by atoms with Crippen LogP contribution in [0.1, 0.15) is 18.6 Å². The minimum atomic E-state index is -0.526. The van der Waals surface area contributed by atoms with Crippen molar-refractivity contribution in [1.82, 2.24) is 9.97 Å². The fourth-order valence-electron chi connectivity index (χ4n) is 1.33. The van der Waals surface area contributed by atoms with Crippen LogP contribution in [0.3, 0.4) is 0 Å². The second-order valence-corrected chi connectivity index (χ2v) is 5.42. The lowest BCUT2D eigenvalue weighted by Gasteiger charge is -2.09. The van der Waals surface area contributed by atoms with Crippen LogP contribution in [-0.2, 0) is 0 Å². The molecule has 0 radical (unpaired) electrons. The average molecular weight is 311 g/mol. The summed E-state index contributed by atoms with van der Waals surface area (Å²) in [5.74, 6) is 0. The van der Waals surface area contributed by atoms with Crippen molar-refractivity contribution in [2.24, 2.45) is 0 Å². The largest absolute Gasteiger partial charge is 0.389 e. The molecule has 0 aliphatic heterocycles. The molecule has 0 amide bonds. The molecule has 0 aliphatic carbocycles. The number of hydrogen-bond acceptors (Lipinski definition) is 4. The number of halogens is 1. The van der Waals surface area contributed by atoms with Gasteiger partial charge in [-0.25, -0.2) is 9.97 Å². The number of aliphatic hydroxyl groups is 1. The lowest BCUT2D eigenvalue weighted by Crippen LogP contribution is -1.96. The van der Waals surface area contributed by atoms with Crippen molar-refractivity contribution >= 4 is 27.7 Å². The third-order valence-corrected chi connectivity index (χ3v) is 3.61. The van der Waals surface area contributed by atoms with Crippen LogP contribution in [-0.4, -0.2) is 15.1 Å². The van der Waals surface area contributed by atoms with Gasteiger partial charge in [0, 0.05) is 22.4 Å². The minimum absolute atomic E-state index is 0.526. The van der Waals surface area contributed by atoms with E-state index in [-0.39, 0.29) is 0 Å². The zero-order valence-corrected chi connectivity index (χ0v) is 11.6. The molecule has 0 aromatic carbocycles. The third-order valence-electron chi connectivity index (χ3n) is 2.15. The van der Waals surface area contributed by atoms with Crippen LogP contribution in [0.15, 0.2) is 51.2 Å². The molecule has 1 atom stereocenters. The molecule has 5 heteroatoms. The maximum Gasteiger partial charge on any atom is 0.108 e. The van der Waals surface area contributed by atoms with E-state index < -0.39 is 6.10 Å². The quantitative estimate of drug-likeness (QED) is 0.943. The predicted molar refractivity (Wildman–Crippen MR) is 70.9 cm³/mol. The molecule has 0 unspecified atom stereocenters. The van der Waals surface area contributed by atoms with E-state index in [4.69, 9.17) is 0 Å². The number of aliphatic hydroxyl groups excluding tert-OH is 1. The molecule has 17 heavy (non-hydrogen) atoms. The first kappa shape index (κ1) is 12.5. The predicted octanol–water partition coefficient (Wildman–Crippen LogP) is 3.44. The highest BCUT2D eigenvalue weighted by molar-refractivity contribution is 9.10. The first-order valence-corrected chi connectivity index (χ1v) is 6.70. The lowest BCUT2D eigenvalue weighted by molar-refractivity contribution is 0.195. The molecule has 2 heterocycles. The molecule has 88 valence electrons. The van der Waals surface area contributed by atoms with Gasteiger partial charge in [-0.3, -0.25) is 0 Å². The summed E-state index contributed by atoms with van der Waals surface area (Å²) in [6.07, 6.45) is 2.93. The monoisotopic (exact) mass is 310 g/mol. The Morgan fingerprint density at radius 2 is 2.12 bits per heavy atom. The summed E-state index contributed by atoms with van der Waals surface area (Å²) in [4.78, 5) is 8.54. The van der Waals surface area contributed by atoms with Crippen LogP contribution in [0.25, 0.3) is 0 Å². The highest BCUT2D eigenvalue weighted by atomic mass is 79.9. The Morgan fingerprint density at radius 1 is 1.29 bits per heavy atom. The third kappa shape index (κ3) is 3.28. The van der Waals surface area contributed by atoms with Crippen molar-refractivity contribution in [2.75, 3.05) is 0 Å². The molecule has 2 aromatic heterocycles. The van der Waals surface area contributed by atoms with Gasteiger partial charge < -0.3 is 5.11 Å². The SMILES string of the molecule is C[C@H](O)c1cccnc1Sc1ccc(Br)cn1. The van der Waals surface area contributed by atoms with Crippen molar-refractivity contribution in [1.29, 1.82) is 0 Å². The summed E-state index contributed by atoms with van der Waals surface area (Å²) >= 11 is 4.79.